The second-order valence-electron chi connectivity index (χ2n) is 12.7. The van der Waals surface area contributed by atoms with Crippen molar-refractivity contribution in [2.75, 3.05) is 19.8 Å². The monoisotopic (exact) mass is 693 g/mol. The van der Waals surface area contributed by atoms with Crippen LogP contribution in [0.15, 0.2) is 0 Å². The Kier molecular flexibility index (Phi) is 30.7. The van der Waals surface area contributed by atoms with E-state index in [1.807, 2.05) is 0 Å². The summed E-state index contributed by atoms with van der Waals surface area (Å²) in [4.78, 5) is 45.5. The number of rotatable bonds is 35. The molecule has 11 nitrogen and oxygen atoms in total. The molecule has 1 unspecified atom stereocenters. The average molecular weight is 694 g/mol. The molecular formula is C35H68NO10P. The van der Waals surface area contributed by atoms with Crippen LogP contribution in [0.3, 0.4) is 0 Å². The Morgan fingerprint density at radius 2 is 0.936 bits per heavy atom. The molecule has 0 radical (unpaired) electrons. The molecule has 0 bridgehead atoms. The number of aliphatic carboxylic acids is 1. The van der Waals surface area contributed by atoms with Crippen LogP contribution < -0.4 is 5.73 Å². The molecule has 0 saturated carbocycles. The molecule has 0 aliphatic heterocycles. The molecule has 0 aromatic heterocycles. The third kappa shape index (κ3) is 31.5. The van der Waals surface area contributed by atoms with Crippen molar-refractivity contribution in [1.29, 1.82) is 0 Å². The second-order valence-corrected chi connectivity index (χ2v) is 14.2. The van der Waals surface area contributed by atoms with Crippen LogP contribution in [0, 0.1) is 0 Å². The SMILES string of the molecule is CCCCCCCCCCCCCCCCCCC(=O)OC[C@@H](COP(=O)(O)OC[C@@H](N)C(=O)O)OC(=O)CCCCCCCCC. The molecule has 0 spiro atoms. The molecule has 0 rings (SSSR count). The molecule has 278 valence electrons. The summed E-state index contributed by atoms with van der Waals surface area (Å²) in [5.74, 6) is -2.37. The molecule has 0 aliphatic carbocycles. The van der Waals surface area contributed by atoms with Gasteiger partial charge in [-0.15, -0.1) is 0 Å². The largest absolute Gasteiger partial charge is 0.480 e. The van der Waals surface area contributed by atoms with Gasteiger partial charge in [0.25, 0.3) is 0 Å². The smallest absolute Gasteiger partial charge is 0.472 e. The Labute approximate surface area is 285 Å². The molecule has 0 aromatic carbocycles. The van der Waals surface area contributed by atoms with E-state index >= 15 is 0 Å². The lowest BCUT2D eigenvalue weighted by Crippen LogP contribution is -2.34. The summed E-state index contributed by atoms with van der Waals surface area (Å²) < 4.78 is 32.4. The number of hydrogen-bond acceptors (Lipinski definition) is 9. The fraction of sp³-hybridized carbons (Fsp3) is 0.914. The van der Waals surface area contributed by atoms with Crippen molar-refractivity contribution in [2.24, 2.45) is 5.73 Å². The topological polar surface area (TPSA) is 172 Å². The first-order chi connectivity index (χ1) is 22.6. The van der Waals surface area contributed by atoms with Crippen LogP contribution in [0.1, 0.15) is 174 Å². The summed E-state index contributed by atoms with van der Waals surface area (Å²) in [5.41, 5.74) is 5.30. The van der Waals surface area contributed by atoms with Crippen LogP contribution in [0.5, 0.6) is 0 Å². The third-order valence-electron chi connectivity index (χ3n) is 8.11. The second kappa shape index (κ2) is 31.7. The maximum absolute atomic E-state index is 12.4. The summed E-state index contributed by atoms with van der Waals surface area (Å²) in [5, 5.41) is 8.83. The highest BCUT2D eigenvalue weighted by atomic mass is 31.2. The zero-order valence-corrected chi connectivity index (χ0v) is 30.5. The van der Waals surface area contributed by atoms with Gasteiger partial charge in [-0.2, -0.15) is 0 Å². The first kappa shape index (κ1) is 45.5. The highest BCUT2D eigenvalue weighted by Gasteiger charge is 2.28. The molecule has 0 amide bonds. The minimum absolute atomic E-state index is 0.165. The Hall–Kier alpha value is -1.52. The zero-order chi connectivity index (χ0) is 35.0. The summed E-state index contributed by atoms with van der Waals surface area (Å²) in [6.45, 7) is 2.74. The molecule has 47 heavy (non-hydrogen) atoms. The van der Waals surface area contributed by atoms with E-state index < -0.39 is 51.1 Å². The number of carboxylic acid groups (broad SMARTS) is 1. The molecule has 0 aromatic rings. The third-order valence-corrected chi connectivity index (χ3v) is 9.06. The number of carboxylic acids is 1. The number of carbonyl (C=O) groups is 3. The average Bonchev–Trinajstić information content (AvgIpc) is 3.04. The summed E-state index contributed by atoms with van der Waals surface area (Å²) in [6, 6.07) is -1.51. The van der Waals surface area contributed by atoms with Crippen molar-refractivity contribution >= 4 is 25.7 Å². The van der Waals surface area contributed by atoms with E-state index in [9.17, 15) is 23.8 Å². The lowest BCUT2D eigenvalue weighted by Gasteiger charge is -2.20. The number of unbranched alkanes of at least 4 members (excludes halogenated alkanes) is 21. The maximum Gasteiger partial charge on any atom is 0.472 e. The maximum atomic E-state index is 12.4. The number of phosphoric acid groups is 1. The predicted octanol–water partition coefficient (Wildman–Crippen LogP) is 8.78. The normalized spacial score (nSPS) is 14.0. The summed E-state index contributed by atoms with van der Waals surface area (Å²) >= 11 is 0. The molecule has 0 saturated heterocycles. The van der Waals surface area contributed by atoms with Gasteiger partial charge in [0, 0.05) is 12.8 Å². The Balaban J connectivity index is 4.29. The molecule has 12 heteroatoms. The van der Waals surface area contributed by atoms with Gasteiger partial charge in [-0.3, -0.25) is 23.4 Å². The van der Waals surface area contributed by atoms with E-state index in [-0.39, 0.29) is 19.4 Å². The quantitative estimate of drug-likeness (QED) is 0.0329. The number of carbonyl (C=O) groups excluding carboxylic acids is 2. The number of ether oxygens (including phenoxy) is 2. The van der Waals surface area contributed by atoms with Crippen LogP contribution in [0.4, 0.5) is 0 Å². The minimum atomic E-state index is -4.69. The van der Waals surface area contributed by atoms with Crippen LogP contribution in [-0.2, 0) is 37.5 Å². The van der Waals surface area contributed by atoms with Gasteiger partial charge < -0.3 is 25.2 Å². The summed E-state index contributed by atoms with van der Waals surface area (Å²) in [7, 11) is -4.69. The number of phosphoric ester groups is 1. The number of nitrogens with two attached hydrogens (primary N) is 1. The van der Waals surface area contributed by atoms with E-state index in [2.05, 4.69) is 18.4 Å². The van der Waals surface area contributed by atoms with Crippen molar-refractivity contribution in [1.82, 2.24) is 0 Å². The number of esters is 2. The fourth-order valence-electron chi connectivity index (χ4n) is 5.12. The molecule has 0 fully saturated rings. The van der Waals surface area contributed by atoms with Crippen molar-refractivity contribution < 1.29 is 47.5 Å². The van der Waals surface area contributed by atoms with Crippen LogP contribution >= 0.6 is 7.82 Å². The molecular weight excluding hydrogens is 625 g/mol. The predicted molar refractivity (Wildman–Crippen MR) is 185 cm³/mol. The van der Waals surface area contributed by atoms with Crippen molar-refractivity contribution in [3.8, 4) is 0 Å². The van der Waals surface area contributed by atoms with Crippen LogP contribution in [0.25, 0.3) is 0 Å². The van der Waals surface area contributed by atoms with Gasteiger partial charge in [-0.1, -0.05) is 149 Å². The lowest BCUT2D eigenvalue weighted by atomic mass is 10.0. The first-order valence-electron chi connectivity index (χ1n) is 18.6. The molecule has 4 N–H and O–H groups in total. The highest BCUT2D eigenvalue weighted by molar-refractivity contribution is 7.47. The molecule has 0 aliphatic rings. The van der Waals surface area contributed by atoms with E-state index in [1.165, 1.54) is 89.9 Å². The van der Waals surface area contributed by atoms with E-state index in [0.717, 1.165) is 44.9 Å². The van der Waals surface area contributed by atoms with Gasteiger partial charge in [0.15, 0.2) is 6.10 Å². The Morgan fingerprint density at radius 3 is 1.34 bits per heavy atom. The van der Waals surface area contributed by atoms with Gasteiger partial charge in [-0.25, -0.2) is 4.57 Å². The minimum Gasteiger partial charge on any atom is -0.480 e. The van der Waals surface area contributed by atoms with Gasteiger partial charge in [0.05, 0.1) is 13.2 Å². The van der Waals surface area contributed by atoms with Crippen LogP contribution in [-0.4, -0.2) is 59.9 Å². The van der Waals surface area contributed by atoms with Gasteiger partial charge in [0.1, 0.15) is 12.6 Å². The fourth-order valence-corrected chi connectivity index (χ4v) is 5.90. The Morgan fingerprint density at radius 1 is 0.574 bits per heavy atom. The van der Waals surface area contributed by atoms with Gasteiger partial charge in [-0.05, 0) is 12.8 Å². The van der Waals surface area contributed by atoms with E-state index in [4.69, 9.17) is 24.8 Å². The Bertz CT molecular complexity index is 828. The van der Waals surface area contributed by atoms with Gasteiger partial charge >= 0.3 is 25.7 Å². The summed E-state index contributed by atoms with van der Waals surface area (Å²) in [6.07, 6.45) is 26.3. The van der Waals surface area contributed by atoms with E-state index in [0.29, 0.717) is 12.8 Å². The first-order valence-corrected chi connectivity index (χ1v) is 20.1. The van der Waals surface area contributed by atoms with Crippen LogP contribution in [0.2, 0.25) is 0 Å². The molecule has 3 atom stereocenters. The molecule has 0 heterocycles. The van der Waals surface area contributed by atoms with Crippen molar-refractivity contribution in [3.63, 3.8) is 0 Å². The number of hydrogen-bond donors (Lipinski definition) is 3. The van der Waals surface area contributed by atoms with Crippen molar-refractivity contribution in [2.45, 2.75) is 187 Å². The van der Waals surface area contributed by atoms with E-state index in [1.54, 1.807) is 0 Å². The van der Waals surface area contributed by atoms with Gasteiger partial charge in [0.2, 0.25) is 0 Å². The lowest BCUT2D eigenvalue weighted by molar-refractivity contribution is -0.161. The van der Waals surface area contributed by atoms with Crippen molar-refractivity contribution in [3.05, 3.63) is 0 Å². The standard InChI is InChI=1S/C35H68NO10P/c1-3-5-7-9-11-12-13-14-15-16-17-18-19-21-22-24-26-33(37)43-28-31(29-44-47(41,42)45-30-32(36)35(39)40)46-34(38)27-25-23-20-10-8-6-4-2/h31-32H,3-30,36H2,1-2H3,(H,39,40)(H,41,42)/t31-,32+/m0/s1. The zero-order valence-electron chi connectivity index (χ0n) is 29.6. The highest BCUT2D eigenvalue weighted by Crippen LogP contribution is 2.43.